The predicted molar refractivity (Wildman–Crippen MR) is 60.5 cm³/mol. The van der Waals surface area contributed by atoms with Crippen LogP contribution in [0.4, 0.5) is 0 Å². The lowest BCUT2D eigenvalue weighted by atomic mass is 9.84. The van der Waals surface area contributed by atoms with Crippen molar-refractivity contribution in [1.82, 2.24) is 10.2 Å². The second-order valence-electron chi connectivity index (χ2n) is 5.71. The molecule has 3 nitrogen and oxygen atoms in total. The summed E-state index contributed by atoms with van der Waals surface area (Å²) in [7, 11) is 0. The Bertz CT molecular complexity index is 365. The molecule has 86 valence electrons. The molecule has 3 heteroatoms. The minimum absolute atomic E-state index is 0.254. The quantitative estimate of drug-likeness (QED) is 0.618. The van der Waals surface area contributed by atoms with Crippen LogP contribution in [0.3, 0.4) is 0 Å². The first-order valence-electron chi connectivity index (χ1n) is 6.59. The van der Waals surface area contributed by atoms with Crippen molar-refractivity contribution in [2.75, 3.05) is 6.54 Å². The Balaban J connectivity index is 1.68. The van der Waals surface area contributed by atoms with Crippen molar-refractivity contribution in [3.05, 3.63) is 12.2 Å². The van der Waals surface area contributed by atoms with E-state index in [1.54, 1.807) is 0 Å². The van der Waals surface area contributed by atoms with Gasteiger partial charge in [0.2, 0.25) is 5.91 Å². The number of rotatable bonds is 0. The van der Waals surface area contributed by atoms with Crippen LogP contribution in [0.15, 0.2) is 12.2 Å². The van der Waals surface area contributed by atoms with Crippen LogP contribution in [-0.4, -0.2) is 29.6 Å². The molecular weight excluding hydrogens is 200 g/mol. The Hall–Kier alpha value is -0.830. The van der Waals surface area contributed by atoms with Crippen molar-refractivity contribution < 1.29 is 4.79 Å². The molecule has 4 rings (SSSR count). The molecule has 0 aromatic carbocycles. The molecule has 16 heavy (non-hydrogen) atoms. The second-order valence-corrected chi connectivity index (χ2v) is 5.71. The van der Waals surface area contributed by atoms with Gasteiger partial charge in [0.15, 0.2) is 0 Å². The van der Waals surface area contributed by atoms with E-state index in [1.165, 1.54) is 19.3 Å². The maximum atomic E-state index is 12.5. The van der Waals surface area contributed by atoms with Crippen molar-refractivity contribution in [3.8, 4) is 0 Å². The number of amides is 1. The van der Waals surface area contributed by atoms with Gasteiger partial charge in [0.1, 0.15) is 0 Å². The largest absolute Gasteiger partial charge is 0.327 e. The van der Waals surface area contributed by atoms with Crippen molar-refractivity contribution in [3.63, 3.8) is 0 Å². The number of nitrogens with one attached hydrogen (secondary N) is 1. The molecule has 2 aliphatic carbocycles. The first-order valence-corrected chi connectivity index (χ1v) is 6.59. The van der Waals surface area contributed by atoms with Crippen LogP contribution < -0.4 is 5.32 Å². The first kappa shape index (κ1) is 9.23. The highest BCUT2D eigenvalue weighted by molar-refractivity contribution is 5.82. The third-order valence-corrected chi connectivity index (χ3v) is 4.92. The highest BCUT2D eigenvalue weighted by Crippen LogP contribution is 2.47. The van der Waals surface area contributed by atoms with Crippen LogP contribution in [0.1, 0.15) is 25.7 Å². The fraction of sp³-hybridized carbons (Fsp3) is 0.769. The minimum atomic E-state index is 0.254. The lowest BCUT2D eigenvalue weighted by molar-refractivity contribution is -0.147. The third kappa shape index (κ3) is 1.05. The standard InChI is InChI=1S/C13H18N2O/c16-13-11-8-4-5-9(7-8)12(11)14-10-3-1-2-6-15(10)13/h4-5,8-12,14H,1-3,6-7H2/t8-,9+,10-,11+,12-/m0/s1. The summed E-state index contributed by atoms with van der Waals surface area (Å²) >= 11 is 0. The normalized spacial score (nSPS) is 49.4. The summed E-state index contributed by atoms with van der Waals surface area (Å²) in [5.41, 5.74) is 0. The third-order valence-electron chi connectivity index (χ3n) is 4.92. The number of nitrogens with zero attached hydrogens (tertiary/aromatic N) is 1. The Kier molecular flexibility index (Phi) is 1.79. The summed E-state index contributed by atoms with van der Waals surface area (Å²) in [5.74, 6) is 1.84. The molecule has 3 fully saturated rings. The van der Waals surface area contributed by atoms with Gasteiger partial charge in [0.25, 0.3) is 0 Å². The van der Waals surface area contributed by atoms with Crippen LogP contribution >= 0.6 is 0 Å². The van der Waals surface area contributed by atoms with Gasteiger partial charge in [-0.2, -0.15) is 0 Å². The summed E-state index contributed by atoms with van der Waals surface area (Å²) < 4.78 is 0. The highest BCUT2D eigenvalue weighted by atomic mass is 16.2. The Labute approximate surface area is 95.9 Å². The van der Waals surface area contributed by atoms with Gasteiger partial charge >= 0.3 is 0 Å². The SMILES string of the molecule is O=C1[C@H]2[C@@H](N[C@@H]3CCCCN13)[C@@H]1C=C[C@H]2C1. The number of fused-ring (bicyclic) bond motifs is 6. The van der Waals surface area contributed by atoms with Gasteiger partial charge in [-0.3, -0.25) is 10.1 Å². The molecule has 5 atom stereocenters. The molecule has 2 aliphatic heterocycles. The number of carbonyl (C=O) groups excluding carboxylic acids is 1. The van der Waals surface area contributed by atoms with Gasteiger partial charge < -0.3 is 4.90 Å². The number of hydrogen-bond donors (Lipinski definition) is 1. The van der Waals surface area contributed by atoms with Gasteiger partial charge in [-0.05, 0) is 37.5 Å². The molecule has 0 unspecified atom stereocenters. The van der Waals surface area contributed by atoms with E-state index in [2.05, 4.69) is 22.4 Å². The maximum Gasteiger partial charge on any atom is 0.229 e. The minimum Gasteiger partial charge on any atom is -0.327 e. The predicted octanol–water partition coefficient (Wildman–Crippen LogP) is 1.12. The van der Waals surface area contributed by atoms with Crippen LogP contribution in [-0.2, 0) is 4.79 Å². The Morgan fingerprint density at radius 1 is 1.25 bits per heavy atom. The fourth-order valence-corrected chi connectivity index (χ4v) is 4.17. The van der Waals surface area contributed by atoms with E-state index in [9.17, 15) is 4.79 Å². The fourth-order valence-electron chi connectivity index (χ4n) is 4.17. The number of allylic oxidation sites excluding steroid dienone is 1. The van der Waals surface area contributed by atoms with Gasteiger partial charge in [-0.1, -0.05) is 12.2 Å². The summed E-state index contributed by atoms with van der Waals surface area (Å²) in [6, 6.07) is 0.446. The molecule has 0 aromatic heterocycles. The summed E-state index contributed by atoms with van der Waals surface area (Å²) in [6.07, 6.45) is 9.74. The monoisotopic (exact) mass is 218 g/mol. The number of piperidine rings is 1. The zero-order valence-corrected chi connectivity index (χ0v) is 9.43. The molecule has 2 bridgehead atoms. The van der Waals surface area contributed by atoms with Crippen LogP contribution in [0.2, 0.25) is 0 Å². The molecule has 0 spiro atoms. The lowest BCUT2D eigenvalue weighted by Gasteiger charge is -2.47. The Morgan fingerprint density at radius 2 is 2.12 bits per heavy atom. The maximum absolute atomic E-state index is 12.5. The molecule has 0 radical (unpaired) electrons. The lowest BCUT2D eigenvalue weighted by Crippen LogP contribution is -2.65. The number of carbonyl (C=O) groups is 1. The van der Waals surface area contributed by atoms with E-state index in [4.69, 9.17) is 0 Å². The molecular formula is C13H18N2O. The van der Waals surface area contributed by atoms with Gasteiger partial charge in [0, 0.05) is 12.6 Å². The molecule has 0 aromatic rings. The Morgan fingerprint density at radius 3 is 3.06 bits per heavy atom. The van der Waals surface area contributed by atoms with Crippen molar-refractivity contribution in [2.45, 2.75) is 37.9 Å². The highest BCUT2D eigenvalue weighted by Gasteiger charge is 2.53. The molecule has 2 saturated heterocycles. The van der Waals surface area contributed by atoms with E-state index < -0.39 is 0 Å². The van der Waals surface area contributed by atoms with E-state index in [1.807, 2.05) is 0 Å². The van der Waals surface area contributed by atoms with Crippen LogP contribution in [0.25, 0.3) is 0 Å². The van der Waals surface area contributed by atoms with Crippen LogP contribution in [0, 0.1) is 17.8 Å². The molecule has 2 heterocycles. The van der Waals surface area contributed by atoms with E-state index in [0.717, 1.165) is 13.0 Å². The van der Waals surface area contributed by atoms with E-state index in [-0.39, 0.29) is 5.92 Å². The van der Waals surface area contributed by atoms with Crippen molar-refractivity contribution in [2.24, 2.45) is 17.8 Å². The molecule has 1 saturated carbocycles. The average molecular weight is 218 g/mol. The average Bonchev–Trinajstić information content (AvgIpc) is 2.90. The van der Waals surface area contributed by atoms with Gasteiger partial charge in [0.05, 0.1) is 12.1 Å². The first-order chi connectivity index (χ1) is 7.84. The zero-order chi connectivity index (χ0) is 10.7. The van der Waals surface area contributed by atoms with E-state index >= 15 is 0 Å². The summed E-state index contributed by atoms with van der Waals surface area (Å²) in [6.45, 7) is 0.973. The van der Waals surface area contributed by atoms with Crippen LogP contribution in [0.5, 0.6) is 0 Å². The molecule has 1 N–H and O–H groups in total. The topological polar surface area (TPSA) is 32.3 Å². The van der Waals surface area contributed by atoms with Gasteiger partial charge in [-0.15, -0.1) is 0 Å². The molecule has 1 amide bonds. The van der Waals surface area contributed by atoms with Crippen molar-refractivity contribution in [1.29, 1.82) is 0 Å². The smallest absolute Gasteiger partial charge is 0.229 e. The number of hydrogen-bond acceptors (Lipinski definition) is 2. The summed E-state index contributed by atoms with van der Waals surface area (Å²) in [5, 5.41) is 3.73. The second kappa shape index (κ2) is 3.10. The van der Waals surface area contributed by atoms with Gasteiger partial charge in [-0.25, -0.2) is 0 Å². The summed E-state index contributed by atoms with van der Waals surface area (Å²) in [4.78, 5) is 14.6. The molecule has 4 aliphatic rings. The van der Waals surface area contributed by atoms with E-state index in [0.29, 0.717) is 30.0 Å². The van der Waals surface area contributed by atoms with Crippen molar-refractivity contribution >= 4 is 5.91 Å². The zero-order valence-electron chi connectivity index (χ0n) is 9.43.